The Labute approximate surface area is 124 Å². The van der Waals surface area contributed by atoms with Gasteiger partial charge >= 0.3 is 5.97 Å². The number of aryl methyl sites for hydroxylation is 1. The first-order chi connectivity index (χ1) is 9.95. The van der Waals surface area contributed by atoms with E-state index >= 15 is 0 Å². The second-order valence-electron chi connectivity index (χ2n) is 5.81. The van der Waals surface area contributed by atoms with Crippen molar-refractivity contribution in [3.63, 3.8) is 0 Å². The molecule has 0 aliphatic carbocycles. The number of carbonyl (C=O) groups excluding carboxylic acids is 1. The lowest BCUT2D eigenvalue weighted by Crippen LogP contribution is -2.43. The molecule has 2 heterocycles. The summed E-state index contributed by atoms with van der Waals surface area (Å²) >= 11 is 0. The lowest BCUT2D eigenvalue weighted by atomic mass is 9.90. The minimum absolute atomic E-state index is 0.0306. The molecule has 0 saturated carbocycles. The highest BCUT2D eigenvalue weighted by Crippen LogP contribution is 2.37. The highest BCUT2D eigenvalue weighted by Gasteiger charge is 2.40. The lowest BCUT2D eigenvalue weighted by molar-refractivity contribution is -0.147. The molecule has 1 N–H and O–H groups in total. The van der Waals surface area contributed by atoms with Gasteiger partial charge in [-0.15, -0.1) is 0 Å². The first-order valence-electron chi connectivity index (χ1n) is 7.52. The molecular formula is C15H23N3O3. The summed E-state index contributed by atoms with van der Waals surface area (Å²) in [5.74, 6) is -1.39. The lowest BCUT2D eigenvalue weighted by Gasteiger charge is -2.36. The summed E-state index contributed by atoms with van der Waals surface area (Å²) in [6, 6.07) is -0.467. The number of nitrogens with zero attached hydrogens (tertiary/aromatic N) is 3. The summed E-state index contributed by atoms with van der Waals surface area (Å²) in [7, 11) is 0. The molecule has 0 radical (unpaired) electrons. The number of hydrogen-bond donors (Lipinski definition) is 1. The second kappa shape index (κ2) is 6.28. The van der Waals surface area contributed by atoms with E-state index in [0.29, 0.717) is 19.3 Å². The van der Waals surface area contributed by atoms with Gasteiger partial charge in [-0.25, -0.2) is 0 Å². The summed E-state index contributed by atoms with van der Waals surface area (Å²) < 4.78 is 1.77. The average molecular weight is 293 g/mol. The van der Waals surface area contributed by atoms with Crippen LogP contribution in [0.1, 0.15) is 51.6 Å². The summed E-state index contributed by atoms with van der Waals surface area (Å²) in [5.41, 5.74) is 0.813. The quantitative estimate of drug-likeness (QED) is 0.922. The van der Waals surface area contributed by atoms with Crippen LogP contribution < -0.4 is 0 Å². The number of amides is 1. The molecule has 116 valence electrons. The van der Waals surface area contributed by atoms with Crippen molar-refractivity contribution in [2.75, 3.05) is 0 Å². The molecule has 2 unspecified atom stereocenters. The molecule has 2 atom stereocenters. The zero-order chi connectivity index (χ0) is 15.6. The van der Waals surface area contributed by atoms with Crippen LogP contribution in [0, 0.1) is 5.92 Å². The highest BCUT2D eigenvalue weighted by molar-refractivity contribution is 5.80. The van der Waals surface area contributed by atoms with Crippen LogP contribution in [0.2, 0.25) is 0 Å². The van der Waals surface area contributed by atoms with Gasteiger partial charge in [-0.3, -0.25) is 14.3 Å². The first-order valence-corrected chi connectivity index (χ1v) is 7.52. The zero-order valence-corrected chi connectivity index (χ0v) is 12.8. The maximum absolute atomic E-state index is 12.4. The summed E-state index contributed by atoms with van der Waals surface area (Å²) in [5, 5.41) is 13.8. The molecule has 1 aliphatic rings. The molecule has 2 rings (SSSR count). The third kappa shape index (κ3) is 3.09. The number of likely N-dealkylation sites (tertiary alicyclic amines) is 1. The number of carbonyl (C=O) groups is 2. The highest BCUT2D eigenvalue weighted by atomic mass is 16.4. The van der Waals surface area contributed by atoms with E-state index < -0.39 is 17.9 Å². The molecule has 21 heavy (non-hydrogen) atoms. The standard InChI is InChI=1S/C15H23N3O3/c1-4-17-9-11(8-16-17)14-12(15(20)21)6-5-7-13(19)18(14)10(2)3/h8-10,12,14H,4-7H2,1-3H3,(H,20,21). The van der Waals surface area contributed by atoms with Gasteiger partial charge in [-0.1, -0.05) is 0 Å². The van der Waals surface area contributed by atoms with Gasteiger partial charge in [0.1, 0.15) is 0 Å². The fraction of sp³-hybridized carbons (Fsp3) is 0.667. The molecule has 1 aliphatic heterocycles. The van der Waals surface area contributed by atoms with E-state index in [9.17, 15) is 14.7 Å². The van der Waals surface area contributed by atoms with Crippen LogP contribution in [0.5, 0.6) is 0 Å². The van der Waals surface area contributed by atoms with Crippen LogP contribution in [-0.2, 0) is 16.1 Å². The molecule has 1 amide bonds. The third-order valence-corrected chi connectivity index (χ3v) is 4.07. The zero-order valence-electron chi connectivity index (χ0n) is 12.8. The molecule has 6 heteroatoms. The normalized spacial score (nSPS) is 23.4. The Hall–Kier alpha value is -1.85. The molecule has 1 aromatic heterocycles. The third-order valence-electron chi connectivity index (χ3n) is 4.07. The van der Waals surface area contributed by atoms with Gasteiger partial charge in [0.15, 0.2) is 0 Å². The molecule has 0 bridgehead atoms. The monoisotopic (exact) mass is 293 g/mol. The van der Waals surface area contributed by atoms with E-state index in [4.69, 9.17) is 0 Å². The summed E-state index contributed by atoms with van der Waals surface area (Å²) in [4.78, 5) is 25.8. The van der Waals surface area contributed by atoms with E-state index in [1.807, 2.05) is 27.0 Å². The predicted octanol–water partition coefficient (Wildman–Crippen LogP) is 2.07. The van der Waals surface area contributed by atoms with Crippen LogP contribution in [0.25, 0.3) is 0 Å². The van der Waals surface area contributed by atoms with E-state index in [2.05, 4.69) is 5.10 Å². The van der Waals surface area contributed by atoms with Crippen molar-refractivity contribution >= 4 is 11.9 Å². The number of hydrogen-bond acceptors (Lipinski definition) is 3. The fourth-order valence-electron chi connectivity index (χ4n) is 3.08. The van der Waals surface area contributed by atoms with Crippen LogP contribution in [0.4, 0.5) is 0 Å². The SMILES string of the molecule is CCn1cc(C2C(C(=O)O)CCCC(=O)N2C(C)C)cn1. The van der Waals surface area contributed by atoms with Crippen molar-refractivity contribution in [2.24, 2.45) is 5.92 Å². The average Bonchev–Trinajstić information content (AvgIpc) is 2.81. The fourth-order valence-corrected chi connectivity index (χ4v) is 3.08. The van der Waals surface area contributed by atoms with Crippen molar-refractivity contribution < 1.29 is 14.7 Å². The summed E-state index contributed by atoms with van der Waals surface area (Å²) in [6.07, 6.45) is 5.11. The Morgan fingerprint density at radius 1 is 1.52 bits per heavy atom. The van der Waals surface area contributed by atoms with Crippen LogP contribution in [0.3, 0.4) is 0 Å². The van der Waals surface area contributed by atoms with Crippen molar-refractivity contribution in [2.45, 2.75) is 58.7 Å². The molecule has 1 saturated heterocycles. The van der Waals surface area contributed by atoms with E-state index in [1.165, 1.54) is 0 Å². The van der Waals surface area contributed by atoms with Crippen LogP contribution >= 0.6 is 0 Å². The predicted molar refractivity (Wildman–Crippen MR) is 77.6 cm³/mol. The van der Waals surface area contributed by atoms with Gasteiger partial charge in [0, 0.05) is 30.8 Å². The molecule has 6 nitrogen and oxygen atoms in total. The van der Waals surface area contributed by atoms with Crippen molar-refractivity contribution in [3.05, 3.63) is 18.0 Å². The first kappa shape index (κ1) is 15.5. The van der Waals surface area contributed by atoms with Gasteiger partial charge in [0.2, 0.25) is 5.91 Å². The number of aromatic nitrogens is 2. The molecule has 0 spiro atoms. The Kier molecular flexibility index (Phi) is 4.65. The van der Waals surface area contributed by atoms with Gasteiger partial charge in [0.25, 0.3) is 0 Å². The topological polar surface area (TPSA) is 75.4 Å². The van der Waals surface area contributed by atoms with Gasteiger partial charge in [-0.2, -0.15) is 5.10 Å². The Balaban J connectivity index is 2.47. The molecule has 0 aromatic carbocycles. The number of carboxylic acid groups (broad SMARTS) is 1. The van der Waals surface area contributed by atoms with Gasteiger partial charge in [0.05, 0.1) is 18.2 Å². The Bertz CT molecular complexity index is 524. The molecular weight excluding hydrogens is 270 g/mol. The van der Waals surface area contributed by atoms with Crippen LogP contribution in [-0.4, -0.2) is 37.7 Å². The van der Waals surface area contributed by atoms with Crippen LogP contribution in [0.15, 0.2) is 12.4 Å². The Morgan fingerprint density at radius 3 is 2.76 bits per heavy atom. The minimum atomic E-state index is -0.843. The smallest absolute Gasteiger partial charge is 0.308 e. The number of carboxylic acids is 1. The van der Waals surface area contributed by atoms with Crippen molar-refractivity contribution in [3.8, 4) is 0 Å². The van der Waals surface area contributed by atoms with E-state index in [1.54, 1.807) is 15.8 Å². The summed E-state index contributed by atoms with van der Waals surface area (Å²) in [6.45, 7) is 6.56. The van der Waals surface area contributed by atoms with E-state index in [-0.39, 0.29) is 11.9 Å². The van der Waals surface area contributed by atoms with E-state index in [0.717, 1.165) is 12.1 Å². The molecule has 1 aromatic rings. The maximum Gasteiger partial charge on any atom is 0.308 e. The Morgan fingerprint density at radius 2 is 2.24 bits per heavy atom. The molecule has 1 fully saturated rings. The largest absolute Gasteiger partial charge is 0.481 e. The van der Waals surface area contributed by atoms with Crippen molar-refractivity contribution in [1.82, 2.24) is 14.7 Å². The second-order valence-corrected chi connectivity index (χ2v) is 5.81. The number of aliphatic carboxylic acids is 1. The maximum atomic E-state index is 12.4. The van der Waals surface area contributed by atoms with Crippen molar-refractivity contribution in [1.29, 1.82) is 0 Å². The number of rotatable bonds is 4. The van der Waals surface area contributed by atoms with Gasteiger partial charge in [-0.05, 0) is 33.6 Å². The van der Waals surface area contributed by atoms with Gasteiger partial charge < -0.3 is 10.0 Å². The minimum Gasteiger partial charge on any atom is -0.481 e.